The zero-order valence-electron chi connectivity index (χ0n) is 10.5. The standard InChI is InChI=1S/C12H24N2O2/c1-3-16-12(15)6-7-13-10-11(2)14-8-4-5-9-14/h11,13H,3-10H2,1-2H3. The molecule has 0 aromatic rings. The maximum atomic E-state index is 11.1. The van der Waals surface area contributed by atoms with Crippen LogP contribution in [0.3, 0.4) is 0 Å². The van der Waals surface area contributed by atoms with Crippen LogP contribution in [-0.2, 0) is 9.53 Å². The van der Waals surface area contributed by atoms with Gasteiger partial charge in [0, 0.05) is 19.1 Å². The third-order valence-corrected chi connectivity index (χ3v) is 3.01. The van der Waals surface area contributed by atoms with E-state index in [9.17, 15) is 4.79 Å². The minimum atomic E-state index is -0.108. The number of ether oxygens (including phenoxy) is 1. The maximum Gasteiger partial charge on any atom is 0.307 e. The summed E-state index contributed by atoms with van der Waals surface area (Å²) in [5.41, 5.74) is 0. The molecule has 1 saturated heterocycles. The molecule has 1 unspecified atom stereocenters. The second-order valence-corrected chi connectivity index (χ2v) is 4.35. The Morgan fingerprint density at radius 2 is 2.12 bits per heavy atom. The molecule has 16 heavy (non-hydrogen) atoms. The van der Waals surface area contributed by atoms with E-state index in [2.05, 4.69) is 17.1 Å². The molecule has 0 bridgehead atoms. The molecule has 1 aliphatic heterocycles. The van der Waals surface area contributed by atoms with E-state index < -0.39 is 0 Å². The van der Waals surface area contributed by atoms with Gasteiger partial charge < -0.3 is 10.1 Å². The Morgan fingerprint density at radius 1 is 1.44 bits per heavy atom. The normalized spacial score (nSPS) is 18.6. The predicted molar refractivity (Wildman–Crippen MR) is 64.4 cm³/mol. The third-order valence-electron chi connectivity index (χ3n) is 3.01. The molecule has 1 N–H and O–H groups in total. The van der Waals surface area contributed by atoms with Crippen LogP contribution in [0.1, 0.15) is 33.1 Å². The molecule has 0 radical (unpaired) electrons. The second-order valence-electron chi connectivity index (χ2n) is 4.35. The van der Waals surface area contributed by atoms with E-state index in [4.69, 9.17) is 4.74 Å². The third kappa shape index (κ3) is 4.94. The molecule has 94 valence electrons. The van der Waals surface area contributed by atoms with Gasteiger partial charge in [0.15, 0.2) is 0 Å². The van der Waals surface area contributed by atoms with E-state index in [1.54, 1.807) is 0 Å². The van der Waals surface area contributed by atoms with E-state index in [-0.39, 0.29) is 5.97 Å². The first kappa shape index (κ1) is 13.5. The Bertz CT molecular complexity index is 203. The van der Waals surface area contributed by atoms with Crippen molar-refractivity contribution in [1.82, 2.24) is 10.2 Å². The second kappa shape index (κ2) is 7.63. The highest BCUT2D eigenvalue weighted by molar-refractivity contribution is 5.69. The van der Waals surface area contributed by atoms with Crippen molar-refractivity contribution in [2.75, 3.05) is 32.8 Å². The summed E-state index contributed by atoms with van der Waals surface area (Å²) in [7, 11) is 0. The molecule has 0 spiro atoms. The number of esters is 1. The molecule has 0 aliphatic carbocycles. The van der Waals surface area contributed by atoms with Gasteiger partial charge in [-0.2, -0.15) is 0 Å². The summed E-state index contributed by atoms with van der Waals surface area (Å²) in [5, 5.41) is 3.31. The highest BCUT2D eigenvalue weighted by Crippen LogP contribution is 2.10. The van der Waals surface area contributed by atoms with Crippen molar-refractivity contribution in [2.45, 2.75) is 39.2 Å². The number of hydrogen-bond acceptors (Lipinski definition) is 4. The molecule has 0 aromatic carbocycles. The summed E-state index contributed by atoms with van der Waals surface area (Å²) < 4.78 is 4.86. The zero-order valence-corrected chi connectivity index (χ0v) is 10.5. The van der Waals surface area contributed by atoms with E-state index >= 15 is 0 Å². The number of rotatable bonds is 7. The first-order chi connectivity index (χ1) is 7.74. The largest absolute Gasteiger partial charge is 0.466 e. The first-order valence-electron chi connectivity index (χ1n) is 6.34. The molecule has 1 fully saturated rings. The van der Waals surface area contributed by atoms with Crippen molar-refractivity contribution in [3.8, 4) is 0 Å². The van der Waals surface area contributed by atoms with Gasteiger partial charge in [-0.25, -0.2) is 0 Å². The molecular formula is C12H24N2O2. The minimum Gasteiger partial charge on any atom is -0.466 e. The van der Waals surface area contributed by atoms with Gasteiger partial charge in [0.25, 0.3) is 0 Å². The lowest BCUT2D eigenvalue weighted by Crippen LogP contribution is -2.39. The van der Waals surface area contributed by atoms with Crippen molar-refractivity contribution >= 4 is 5.97 Å². The topological polar surface area (TPSA) is 41.6 Å². The fourth-order valence-electron chi connectivity index (χ4n) is 2.05. The summed E-state index contributed by atoms with van der Waals surface area (Å²) in [4.78, 5) is 13.6. The molecule has 0 saturated carbocycles. The summed E-state index contributed by atoms with van der Waals surface area (Å²) in [5.74, 6) is -0.108. The lowest BCUT2D eigenvalue weighted by molar-refractivity contribution is -0.142. The van der Waals surface area contributed by atoms with Crippen LogP contribution in [0.25, 0.3) is 0 Å². The van der Waals surface area contributed by atoms with E-state index in [1.165, 1.54) is 25.9 Å². The number of nitrogens with zero attached hydrogens (tertiary/aromatic N) is 1. The van der Waals surface area contributed by atoms with Gasteiger partial charge in [-0.1, -0.05) is 0 Å². The number of hydrogen-bond donors (Lipinski definition) is 1. The van der Waals surface area contributed by atoms with Crippen LogP contribution >= 0.6 is 0 Å². The van der Waals surface area contributed by atoms with Crippen molar-refractivity contribution in [3.05, 3.63) is 0 Å². The van der Waals surface area contributed by atoms with E-state index in [0.29, 0.717) is 19.1 Å². The molecule has 1 heterocycles. The van der Waals surface area contributed by atoms with Gasteiger partial charge in [0.1, 0.15) is 0 Å². The van der Waals surface area contributed by atoms with Crippen LogP contribution in [0, 0.1) is 0 Å². The van der Waals surface area contributed by atoms with Crippen LogP contribution in [-0.4, -0.2) is 49.7 Å². The summed E-state index contributed by atoms with van der Waals surface area (Å²) in [6.45, 7) is 8.67. The molecule has 4 nitrogen and oxygen atoms in total. The van der Waals surface area contributed by atoms with Gasteiger partial charge >= 0.3 is 5.97 Å². The number of carbonyl (C=O) groups excluding carboxylic acids is 1. The quantitative estimate of drug-likeness (QED) is 0.522. The Kier molecular flexibility index (Phi) is 6.42. The molecular weight excluding hydrogens is 204 g/mol. The van der Waals surface area contributed by atoms with Crippen molar-refractivity contribution < 1.29 is 9.53 Å². The molecule has 4 heteroatoms. The molecule has 1 rings (SSSR count). The van der Waals surface area contributed by atoms with Crippen molar-refractivity contribution in [2.24, 2.45) is 0 Å². The monoisotopic (exact) mass is 228 g/mol. The van der Waals surface area contributed by atoms with Crippen LogP contribution in [0.5, 0.6) is 0 Å². The smallest absolute Gasteiger partial charge is 0.307 e. The Labute approximate surface area is 98.3 Å². The van der Waals surface area contributed by atoms with Crippen LogP contribution in [0.15, 0.2) is 0 Å². The van der Waals surface area contributed by atoms with Gasteiger partial charge in [-0.3, -0.25) is 9.69 Å². The number of nitrogens with one attached hydrogen (secondary N) is 1. The van der Waals surface area contributed by atoms with E-state index in [0.717, 1.165) is 13.1 Å². The number of carbonyl (C=O) groups is 1. The Hall–Kier alpha value is -0.610. The fourth-order valence-corrected chi connectivity index (χ4v) is 2.05. The average Bonchev–Trinajstić information content (AvgIpc) is 2.78. The van der Waals surface area contributed by atoms with Crippen molar-refractivity contribution in [3.63, 3.8) is 0 Å². The van der Waals surface area contributed by atoms with E-state index in [1.807, 2.05) is 6.92 Å². The lowest BCUT2D eigenvalue weighted by atomic mass is 10.3. The highest BCUT2D eigenvalue weighted by atomic mass is 16.5. The van der Waals surface area contributed by atoms with Crippen LogP contribution in [0.2, 0.25) is 0 Å². The van der Waals surface area contributed by atoms with Crippen LogP contribution < -0.4 is 5.32 Å². The maximum absolute atomic E-state index is 11.1. The van der Waals surface area contributed by atoms with Gasteiger partial charge in [-0.05, 0) is 39.8 Å². The first-order valence-corrected chi connectivity index (χ1v) is 6.34. The van der Waals surface area contributed by atoms with Gasteiger partial charge in [0.2, 0.25) is 0 Å². The van der Waals surface area contributed by atoms with Gasteiger partial charge in [0.05, 0.1) is 13.0 Å². The summed E-state index contributed by atoms with van der Waals surface area (Å²) >= 11 is 0. The van der Waals surface area contributed by atoms with Crippen molar-refractivity contribution in [1.29, 1.82) is 0 Å². The SMILES string of the molecule is CCOC(=O)CCNCC(C)N1CCCC1. The molecule has 1 aliphatic rings. The lowest BCUT2D eigenvalue weighted by Gasteiger charge is -2.23. The highest BCUT2D eigenvalue weighted by Gasteiger charge is 2.17. The Balaban J connectivity index is 1.99. The fraction of sp³-hybridized carbons (Fsp3) is 0.917. The van der Waals surface area contributed by atoms with Gasteiger partial charge in [-0.15, -0.1) is 0 Å². The predicted octanol–water partition coefficient (Wildman–Crippen LogP) is 1.01. The summed E-state index contributed by atoms with van der Waals surface area (Å²) in [6.07, 6.45) is 3.13. The Morgan fingerprint density at radius 3 is 2.75 bits per heavy atom. The number of likely N-dealkylation sites (tertiary alicyclic amines) is 1. The minimum absolute atomic E-state index is 0.108. The average molecular weight is 228 g/mol. The molecule has 0 amide bonds. The summed E-state index contributed by atoms with van der Waals surface area (Å²) in [6, 6.07) is 0.574. The molecule has 1 atom stereocenters. The molecule has 0 aromatic heterocycles. The zero-order chi connectivity index (χ0) is 11.8. The van der Waals surface area contributed by atoms with Crippen LogP contribution in [0.4, 0.5) is 0 Å².